The number of nitrogens with two attached hydrogens (primary N) is 2. The topological polar surface area (TPSA) is 81.1 Å². The third kappa shape index (κ3) is 3.19. The number of rotatable bonds is 3. The number of benzene rings is 1. The molecule has 0 radical (unpaired) electrons. The van der Waals surface area contributed by atoms with Crippen molar-refractivity contribution in [1.29, 1.82) is 0 Å². The number of hydrogen-bond donors (Lipinski definition) is 3. The minimum atomic E-state index is -0.423. The molecule has 19 heavy (non-hydrogen) atoms. The van der Waals surface area contributed by atoms with Gasteiger partial charge in [0.2, 0.25) is 5.91 Å². The highest BCUT2D eigenvalue weighted by atomic mass is 16.1. The van der Waals surface area contributed by atoms with Crippen molar-refractivity contribution in [3.63, 3.8) is 0 Å². The standard InChI is InChI=1S/C15H23N3O/c1-9-3-5-12(7-10(9)2)18-14-8-11(15(17)19)4-6-13(14)16/h4,6,8-10,12,18H,3,5,7,16H2,1-2H3,(H2,17,19). The van der Waals surface area contributed by atoms with Crippen LogP contribution in [0.15, 0.2) is 18.2 Å². The number of carbonyl (C=O) groups is 1. The summed E-state index contributed by atoms with van der Waals surface area (Å²) in [4.78, 5) is 11.2. The van der Waals surface area contributed by atoms with Crippen LogP contribution in [0, 0.1) is 11.8 Å². The zero-order valence-corrected chi connectivity index (χ0v) is 11.6. The van der Waals surface area contributed by atoms with Gasteiger partial charge in [0.15, 0.2) is 0 Å². The van der Waals surface area contributed by atoms with E-state index in [2.05, 4.69) is 19.2 Å². The monoisotopic (exact) mass is 261 g/mol. The van der Waals surface area contributed by atoms with E-state index >= 15 is 0 Å². The fourth-order valence-corrected chi connectivity index (χ4v) is 2.73. The van der Waals surface area contributed by atoms with Crippen LogP contribution in [0.2, 0.25) is 0 Å². The lowest BCUT2D eigenvalue weighted by Crippen LogP contribution is -2.30. The minimum absolute atomic E-state index is 0.423. The Morgan fingerprint density at radius 3 is 2.63 bits per heavy atom. The van der Waals surface area contributed by atoms with E-state index in [9.17, 15) is 4.79 Å². The second-order valence-electron chi connectivity index (χ2n) is 5.78. The van der Waals surface area contributed by atoms with E-state index < -0.39 is 5.91 Å². The highest BCUT2D eigenvalue weighted by molar-refractivity contribution is 5.94. The van der Waals surface area contributed by atoms with Crippen LogP contribution in [0.5, 0.6) is 0 Å². The molecule has 1 aliphatic carbocycles. The summed E-state index contributed by atoms with van der Waals surface area (Å²) in [6, 6.07) is 5.57. The number of amides is 1. The van der Waals surface area contributed by atoms with Gasteiger partial charge in [-0.2, -0.15) is 0 Å². The summed E-state index contributed by atoms with van der Waals surface area (Å²) in [6.07, 6.45) is 3.52. The van der Waals surface area contributed by atoms with Gasteiger partial charge in [0.05, 0.1) is 11.4 Å². The predicted octanol–water partition coefficient (Wildman–Crippen LogP) is 2.60. The molecule has 0 heterocycles. The largest absolute Gasteiger partial charge is 0.397 e. The molecule has 0 aromatic heterocycles. The first-order chi connectivity index (χ1) is 8.97. The molecule has 0 spiro atoms. The van der Waals surface area contributed by atoms with Crippen LogP contribution in [0.25, 0.3) is 0 Å². The summed E-state index contributed by atoms with van der Waals surface area (Å²) in [6.45, 7) is 4.60. The number of carbonyl (C=O) groups excluding carboxylic acids is 1. The first-order valence-electron chi connectivity index (χ1n) is 6.93. The average molecular weight is 261 g/mol. The molecule has 4 nitrogen and oxygen atoms in total. The highest BCUT2D eigenvalue weighted by Crippen LogP contribution is 2.32. The van der Waals surface area contributed by atoms with Gasteiger partial charge in [-0.3, -0.25) is 4.79 Å². The molecule has 1 saturated carbocycles. The Morgan fingerprint density at radius 2 is 2.00 bits per heavy atom. The second kappa shape index (κ2) is 5.51. The maximum absolute atomic E-state index is 11.2. The lowest BCUT2D eigenvalue weighted by atomic mass is 9.79. The van der Waals surface area contributed by atoms with Crippen LogP contribution in [-0.2, 0) is 0 Å². The van der Waals surface area contributed by atoms with Gasteiger partial charge in [0.1, 0.15) is 0 Å². The Bertz CT molecular complexity index is 472. The SMILES string of the molecule is CC1CCC(Nc2cc(C(N)=O)ccc2N)CC1C. The summed E-state index contributed by atoms with van der Waals surface area (Å²) in [5, 5.41) is 3.46. The summed E-state index contributed by atoms with van der Waals surface area (Å²) >= 11 is 0. The van der Waals surface area contributed by atoms with Crippen molar-refractivity contribution in [3.05, 3.63) is 23.8 Å². The predicted molar refractivity (Wildman–Crippen MR) is 79.0 cm³/mol. The van der Waals surface area contributed by atoms with Crippen LogP contribution in [0.1, 0.15) is 43.5 Å². The van der Waals surface area contributed by atoms with E-state index in [1.54, 1.807) is 18.2 Å². The molecule has 4 heteroatoms. The summed E-state index contributed by atoms with van der Waals surface area (Å²) in [7, 11) is 0. The fourth-order valence-electron chi connectivity index (χ4n) is 2.73. The highest BCUT2D eigenvalue weighted by Gasteiger charge is 2.24. The summed E-state index contributed by atoms with van der Waals surface area (Å²) in [5.41, 5.74) is 13.2. The Morgan fingerprint density at radius 1 is 1.26 bits per heavy atom. The minimum Gasteiger partial charge on any atom is -0.397 e. The average Bonchev–Trinajstić information content (AvgIpc) is 2.36. The first kappa shape index (κ1) is 13.7. The van der Waals surface area contributed by atoms with Crippen molar-refractivity contribution >= 4 is 17.3 Å². The molecule has 5 N–H and O–H groups in total. The Balaban J connectivity index is 2.10. The zero-order chi connectivity index (χ0) is 14.0. The van der Waals surface area contributed by atoms with Gasteiger partial charge in [0.25, 0.3) is 0 Å². The molecule has 1 fully saturated rings. The number of nitrogen functional groups attached to an aromatic ring is 1. The zero-order valence-electron chi connectivity index (χ0n) is 11.6. The van der Waals surface area contributed by atoms with Gasteiger partial charge in [-0.1, -0.05) is 13.8 Å². The van der Waals surface area contributed by atoms with Crippen molar-refractivity contribution < 1.29 is 4.79 Å². The Hall–Kier alpha value is -1.71. The van der Waals surface area contributed by atoms with Gasteiger partial charge in [-0.15, -0.1) is 0 Å². The molecule has 1 aromatic rings. The molecule has 3 atom stereocenters. The first-order valence-corrected chi connectivity index (χ1v) is 6.93. The molecule has 0 aliphatic heterocycles. The third-order valence-electron chi connectivity index (χ3n) is 4.30. The molecule has 104 valence electrons. The van der Waals surface area contributed by atoms with E-state index in [1.165, 1.54) is 6.42 Å². The van der Waals surface area contributed by atoms with Gasteiger partial charge >= 0.3 is 0 Å². The second-order valence-corrected chi connectivity index (χ2v) is 5.78. The van der Waals surface area contributed by atoms with E-state index in [1.807, 2.05) is 0 Å². The van der Waals surface area contributed by atoms with E-state index in [4.69, 9.17) is 11.5 Å². The van der Waals surface area contributed by atoms with Gasteiger partial charge in [-0.05, 0) is 49.3 Å². The fraction of sp³-hybridized carbons (Fsp3) is 0.533. The van der Waals surface area contributed by atoms with Crippen LogP contribution >= 0.6 is 0 Å². The van der Waals surface area contributed by atoms with Crippen LogP contribution < -0.4 is 16.8 Å². The molecule has 1 aliphatic rings. The molecule has 1 aromatic carbocycles. The molecule has 3 unspecified atom stereocenters. The lowest BCUT2D eigenvalue weighted by molar-refractivity contribution is 0.100. The Kier molecular flexibility index (Phi) is 3.98. The van der Waals surface area contributed by atoms with Crippen LogP contribution in [0.4, 0.5) is 11.4 Å². The summed E-state index contributed by atoms with van der Waals surface area (Å²) in [5.74, 6) is 1.08. The van der Waals surface area contributed by atoms with Gasteiger partial charge < -0.3 is 16.8 Å². The smallest absolute Gasteiger partial charge is 0.248 e. The molecule has 1 amide bonds. The maximum Gasteiger partial charge on any atom is 0.248 e. The third-order valence-corrected chi connectivity index (χ3v) is 4.30. The van der Waals surface area contributed by atoms with Crippen molar-refractivity contribution in [1.82, 2.24) is 0 Å². The normalized spacial score (nSPS) is 26.9. The number of nitrogens with one attached hydrogen (secondary N) is 1. The van der Waals surface area contributed by atoms with E-state index in [0.29, 0.717) is 23.2 Å². The van der Waals surface area contributed by atoms with Crippen molar-refractivity contribution in [3.8, 4) is 0 Å². The molecular weight excluding hydrogens is 238 g/mol. The quantitative estimate of drug-likeness (QED) is 0.731. The molecule has 2 rings (SSSR count). The number of primary amides is 1. The van der Waals surface area contributed by atoms with Crippen molar-refractivity contribution in [2.75, 3.05) is 11.1 Å². The maximum atomic E-state index is 11.2. The summed E-state index contributed by atoms with van der Waals surface area (Å²) < 4.78 is 0. The van der Waals surface area contributed by atoms with Gasteiger partial charge in [-0.25, -0.2) is 0 Å². The van der Waals surface area contributed by atoms with E-state index in [0.717, 1.165) is 24.4 Å². The molecule has 0 saturated heterocycles. The van der Waals surface area contributed by atoms with Crippen LogP contribution in [-0.4, -0.2) is 11.9 Å². The Labute approximate surface area is 114 Å². The molecular formula is C15H23N3O. The molecule has 0 bridgehead atoms. The lowest BCUT2D eigenvalue weighted by Gasteiger charge is -2.33. The number of anilines is 2. The van der Waals surface area contributed by atoms with Crippen LogP contribution in [0.3, 0.4) is 0 Å². The van der Waals surface area contributed by atoms with Crippen molar-refractivity contribution in [2.24, 2.45) is 17.6 Å². The van der Waals surface area contributed by atoms with Crippen molar-refractivity contribution in [2.45, 2.75) is 39.2 Å². The van der Waals surface area contributed by atoms with E-state index in [-0.39, 0.29) is 0 Å². The number of hydrogen-bond acceptors (Lipinski definition) is 3. The van der Waals surface area contributed by atoms with Gasteiger partial charge in [0, 0.05) is 11.6 Å².